The van der Waals surface area contributed by atoms with Gasteiger partial charge in [-0.25, -0.2) is 0 Å². The van der Waals surface area contributed by atoms with E-state index in [0.29, 0.717) is 6.54 Å². The molecule has 0 saturated heterocycles. The van der Waals surface area contributed by atoms with E-state index in [9.17, 15) is 0 Å². The Hall–Kier alpha value is -0.0800. The zero-order valence-electron chi connectivity index (χ0n) is 6.73. The first-order valence-electron chi connectivity index (χ1n) is 4.17. The second kappa shape index (κ2) is 3.35. The molecular weight excluding hydrogens is 126 g/mol. The molecule has 0 bridgehead atoms. The summed E-state index contributed by atoms with van der Waals surface area (Å²) in [5.74, 6) is 0. The highest BCUT2D eigenvalue weighted by Gasteiger charge is 2.35. The van der Waals surface area contributed by atoms with E-state index in [1.165, 1.54) is 19.3 Å². The minimum Gasteiger partial charge on any atom is -0.374 e. The van der Waals surface area contributed by atoms with Crippen molar-refractivity contribution in [1.82, 2.24) is 0 Å². The molecule has 10 heavy (non-hydrogen) atoms. The second-order valence-corrected chi connectivity index (χ2v) is 3.03. The van der Waals surface area contributed by atoms with Gasteiger partial charge in [-0.3, -0.25) is 0 Å². The van der Waals surface area contributed by atoms with Crippen LogP contribution in [0.3, 0.4) is 0 Å². The van der Waals surface area contributed by atoms with Crippen molar-refractivity contribution >= 4 is 0 Å². The van der Waals surface area contributed by atoms with Crippen LogP contribution in [0.15, 0.2) is 0 Å². The molecule has 0 aliphatic heterocycles. The van der Waals surface area contributed by atoms with Crippen molar-refractivity contribution in [1.29, 1.82) is 0 Å². The van der Waals surface area contributed by atoms with Crippen molar-refractivity contribution in [3.05, 3.63) is 0 Å². The summed E-state index contributed by atoms with van der Waals surface area (Å²) in [6.07, 6.45) is 4.96. The maximum Gasteiger partial charge on any atom is 0.0680 e. The number of rotatable bonds is 4. The summed E-state index contributed by atoms with van der Waals surface area (Å²) >= 11 is 0. The Morgan fingerprint density at radius 3 is 2.50 bits per heavy atom. The number of hydrogen-bond acceptors (Lipinski definition) is 2. The van der Waals surface area contributed by atoms with Crippen LogP contribution in [0.1, 0.15) is 32.6 Å². The highest BCUT2D eigenvalue weighted by atomic mass is 16.5. The third-order valence-corrected chi connectivity index (χ3v) is 2.44. The maximum absolute atomic E-state index is 5.64. The first-order chi connectivity index (χ1) is 4.83. The molecule has 0 aromatic carbocycles. The Kier molecular flexibility index (Phi) is 2.69. The van der Waals surface area contributed by atoms with Crippen LogP contribution in [0.2, 0.25) is 0 Å². The van der Waals surface area contributed by atoms with E-state index < -0.39 is 0 Å². The van der Waals surface area contributed by atoms with Crippen molar-refractivity contribution in [3.8, 4) is 0 Å². The molecule has 0 aromatic heterocycles. The molecule has 60 valence electrons. The maximum atomic E-state index is 5.64. The lowest BCUT2D eigenvalue weighted by Crippen LogP contribution is -2.40. The lowest BCUT2D eigenvalue weighted by molar-refractivity contribution is -0.0986. The Morgan fingerprint density at radius 2 is 2.20 bits per heavy atom. The lowest BCUT2D eigenvalue weighted by atomic mass is 9.78. The van der Waals surface area contributed by atoms with E-state index in [0.717, 1.165) is 13.0 Å². The number of nitrogens with two attached hydrogens (primary N) is 1. The Bertz CT molecular complexity index is 93.9. The molecule has 2 nitrogen and oxygen atoms in total. The van der Waals surface area contributed by atoms with Crippen molar-refractivity contribution in [3.63, 3.8) is 0 Å². The molecule has 0 unspecified atom stereocenters. The molecule has 2 N–H and O–H groups in total. The van der Waals surface area contributed by atoms with E-state index in [-0.39, 0.29) is 5.60 Å². The minimum absolute atomic E-state index is 0.235. The Morgan fingerprint density at radius 1 is 1.50 bits per heavy atom. The van der Waals surface area contributed by atoms with Gasteiger partial charge in [0.2, 0.25) is 0 Å². The predicted octanol–water partition coefficient (Wildman–Crippen LogP) is 1.29. The number of ether oxygens (including phenoxy) is 1. The van der Waals surface area contributed by atoms with Gasteiger partial charge in [-0.2, -0.15) is 0 Å². The van der Waals surface area contributed by atoms with Crippen LogP contribution in [0.5, 0.6) is 0 Å². The predicted molar refractivity (Wildman–Crippen MR) is 41.9 cm³/mol. The normalized spacial score (nSPS) is 22.2. The Balaban J connectivity index is 2.20. The smallest absolute Gasteiger partial charge is 0.0680 e. The summed E-state index contributed by atoms with van der Waals surface area (Å²) in [5.41, 5.74) is 5.58. The highest BCUT2D eigenvalue weighted by Crippen LogP contribution is 2.37. The molecule has 0 amide bonds. The molecular formula is C8H17NO. The molecule has 2 heteroatoms. The van der Waals surface area contributed by atoms with Gasteiger partial charge in [0.1, 0.15) is 0 Å². The topological polar surface area (TPSA) is 35.2 Å². The molecule has 1 aliphatic carbocycles. The van der Waals surface area contributed by atoms with Gasteiger partial charge in [-0.05, 0) is 25.7 Å². The molecule has 0 spiro atoms. The monoisotopic (exact) mass is 143 g/mol. The van der Waals surface area contributed by atoms with Gasteiger partial charge in [0.05, 0.1) is 12.2 Å². The number of hydrogen-bond donors (Lipinski definition) is 1. The SMILES string of the molecule is CCC1(OCCN)CCC1. The summed E-state index contributed by atoms with van der Waals surface area (Å²) in [6, 6.07) is 0. The van der Waals surface area contributed by atoms with Gasteiger partial charge in [-0.1, -0.05) is 6.92 Å². The highest BCUT2D eigenvalue weighted by molar-refractivity contribution is 4.88. The summed E-state index contributed by atoms with van der Waals surface area (Å²) in [4.78, 5) is 0. The van der Waals surface area contributed by atoms with Crippen LogP contribution < -0.4 is 5.73 Å². The summed E-state index contributed by atoms with van der Waals surface area (Å²) in [5, 5.41) is 0. The molecule has 0 radical (unpaired) electrons. The van der Waals surface area contributed by atoms with Gasteiger partial charge < -0.3 is 10.5 Å². The van der Waals surface area contributed by atoms with E-state index in [4.69, 9.17) is 10.5 Å². The third kappa shape index (κ3) is 1.50. The van der Waals surface area contributed by atoms with Crippen LogP contribution in [0.4, 0.5) is 0 Å². The standard InChI is InChI=1S/C8H17NO/c1-2-8(4-3-5-8)10-7-6-9/h2-7,9H2,1H3. The summed E-state index contributed by atoms with van der Waals surface area (Å²) in [7, 11) is 0. The third-order valence-electron chi connectivity index (χ3n) is 2.44. The first kappa shape index (κ1) is 8.02. The van der Waals surface area contributed by atoms with Crippen molar-refractivity contribution in [2.75, 3.05) is 13.2 Å². The molecule has 1 rings (SSSR count). The minimum atomic E-state index is 0.235. The van der Waals surface area contributed by atoms with E-state index in [1.54, 1.807) is 0 Å². The van der Waals surface area contributed by atoms with E-state index >= 15 is 0 Å². The molecule has 0 aromatic rings. The quantitative estimate of drug-likeness (QED) is 0.643. The fourth-order valence-electron chi connectivity index (χ4n) is 1.45. The zero-order chi connectivity index (χ0) is 7.45. The van der Waals surface area contributed by atoms with Gasteiger partial charge in [0, 0.05) is 6.54 Å². The van der Waals surface area contributed by atoms with Gasteiger partial charge in [0.15, 0.2) is 0 Å². The van der Waals surface area contributed by atoms with Crippen LogP contribution >= 0.6 is 0 Å². The van der Waals surface area contributed by atoms with E-state index in [1.807, 2.05) is 0 Å². The average Bonchev–Trinajstić information content (AvgIpc) is 1.87. The molecule has 0 atom stereocenters. The van der Waals surface area contributed by atoms with Crippen LogP contribution in [-0.4, -0.2) is 18.8 Å². The van der Waals surface area contributed by atoms with Gasteiger partial charge >= 0.3 is 0 Å². The zero-order valence-corrected chi connectivity index (χ0v) is 6.73. The molecule has 0 heterocycles. The van der Waals surface area contributed by atoms with Crippen molar-refractivity contribution in [2.45, 2.75) is 38.2 Å². The first-order valence-corrected chi connectivity index (χ1v) is 4.17. The second-order valence-electron chi connectivity index (χ2n) is 3.03. The van der Waals surface area contributed by atoms with Crippen LogP contribution in [0, 0.1) is 0 Å². The van der Waals surface area contributed by atoms with E-state index in [2.05, 4.69) is 6.92 Å². The van der Waals surface area contributed by atoms with Crippen molar-refractivity contribution < 1.29 is 4.74 Å². The molecule has 1 fully saturated rings. The fraction of sp³-hybridized carbons (Fsp3) is 1.00. The van der Waals surface area contributed by atoms with Gasteiger partial charge in [-0.15, -0.1) is 0 Å². The average molecular weight is 143 g/mol. The van der Waals surface area contributed by atoms with Crippen LogP contribution in [0.25, 0.3) is 0 Å². The van der Waals surface area contributed by atoms with Crippen molar-refractivity contribution in [2.24, 2.45) is 5.73 Å². The Labute approximate surface area is 62.7 Å². The lowest BCUT2D eigenvalue weighted by Gasteiger charge is -2.40. The summed E-state index contributed by atoms with van der Waals surface area (Å²) < 4.78 is 5.64. The van der Waals surface area contributed by atoms with Crippen LogP contribution in [-0.2, 0) is 4.74 Å². The van der Waals surface area contributed by atoms with Gasteiger partial charge in [0.25, 0.3) is 0 Å². The molecule has 1 saturated carbocycles. The fourth-order valence-corrected chi connectivity index (χ4v) is 1.45. The largest absolute Gasteiger partial charge is 0.374 e. The summed E-state index contributed by atoms with van der Waals surface area (Å²) in [6.45, 7) is 3.57. The molecule has 1 aliphatic rings.